The Morgan fingerprint density at radius 2 is 1.87 bits per heavy atom. The highest BCUT2D eigenvalue weighted by Crippen LogP contribution is 2.36. The SMILES string of the molecule is CN1CCC[C@H]1COc1nc(N2CC3CCC(C2)N3)c2cnc(-c3cccc4ccc(F)cc34)c(F)c2n1. The quantitative estimate of drug-likeness (QED) is 0.418. The first-order valence-electron chi connectivity index (χ1n) is 13.4. The van der Waals surface area contributed by atoms with Crippen molar-refractivity contribution in [2.24, 2.45) is 0 Å². The van der Waals surface area contributed by atoms with Crippen molar-refractivity contribution in [2.75, 3.05) is 38.2 Å². The number of aromatic nitrogens is 3. The van der Waals surface area contributed by atoms with Crippen molar-refractivity contribution in [3.8, 4) is 17.3 Å². The molecule has 2 aromatic carbocycles. The average molecular weight is 517 g/mol. The molecule has 196 valence electrons. The van der Waals surface area contributed by atoms with E-state index in [1.807, 2.05) is 12.1 Å². The summed E-state index contributed by atoms with van der Waals surface area (Å²) in [4.78, 5) is 18.4. The van der Waals surface area contributed by atoms with Crippen molar-refractivity contribution in [1.82, 2.24) is 25.2 Å². The second-order valence-electron chi connectivity index (χ2n) is 10.8. The number of likely N-dealkylation sites (tertiary alicyclic amines) is 1. The molecule has 3 aliphatic heterocycles. The maximum atomic E-state index is 16.3. The van der Waals surface area contributed by atoms with Crippen molar-refractivity contribution in [1.29, 1.82) is 0 Å². The Morgan fingerprint density at radius 3 is 2.66 bits per heavy atom. The van der Waals surface area contributed by atoms with Crippen LogP contribution in [-0.2, 0) is 0 Å². The lowest BCUT2D eigenvalue weighted by atomic mass is 10.0. The van der Waals surface area contributed by atoms with E-state index in [1.54, 1.807) is 18.3 Å². The second kappa shape index (κ2) is 9.39. The minimum atomic E-state index is -0.552. The number of halogens is 2. The van der Waals surface area contributed by atoms with Gasteiger partial charge in [-0.1, -0.05) is 24.3 Å². The van der Waals surface area contributed by atoms with Gasteiger partial charge < -0.3 is 19.9 Å². The Hall–Kier alpha value is -3.43. The fraction of sp³-hybridized carbons (Fsp3) is 0.414. The molecule has 0 saturated carbocycles. The predicted octanol–water partition coefficient (Wildman–Crippen LogP) is 4.54. The molecule has 2 bridgehead atoms. The average Bonchev–Trinajstić information content (AvgIpc) is 3.50. The molecular weight excluding hydrogens is 486 g/mol. The third kappa shape index (κ3) is 4.14. The largest absolute Gasteiger partial charge is 0.462 e. The molecule has 3 atom stereocenters. The third-order valence-electron chi connectivity index (χ3n) is 8.34. The van der Waals surface area contributed by atoms with E-state index in [4.69, 9.17) is 9.72 Å². The van der Waals surface area contributed by atoms with Crippen LogP contribution in [0, 0.1) is 11.6 Å². The number of ether oxygens (including phenoxy) is 1. The lowest BCUT2D eigenvalue weighted by molar-refractivity contribution is 0.188. The van der Waals surface area contributed by atoms with Crippen LogP contribution in [0.2, 0.25) is 0 Å². The molecule has 0 aliphatic carbocycles. The van der Waals surface area contributed by atoms with Crippen LogP contribution < -0.4 is 15.0 Å². The summed E-state index contributed by atoms with van der Waals surface area (Å²) in [5.74, 6) is -0.273. The summed E-state index contributed by atoms with van der Waals surface area (Å²) in [7, 11) is 2.09. The van der Waals surface area contributed by atoms with Gasteiger partial charge in [-0.05, 0) is 62.2 Å². The zero-order chi connectivity index (χ0) is 25.8. The van der Waals surface area contributed by atoms with E-state index in [0.29, 0.717) is 40.8 Å². The van der Waals surface area contributed by atoms with Crippen molar-refractivity contribution < 1.29 is 13.5 Å². The number of likely N-dealkylation sites (N-methyl/N-ethyl adjacent to an activating group) is 1. The standard InChI is InChI=1S/C29H30F2N6O/c1-36-11-3-5-21(36)16-38-29-34-27-24(28(35-29)37-14-19-9-10-20(15-37)33-19)13-32-26(25(27)31)22-6-2-4-17-7-8-18(30)12-23(17)22/h2,4,6-8,12-13,19-21,33H,3,5,9-11,14-16H2,1H3/t19?,20?,21-/m0/s1. The fourth-order valence-corrected chi connectivity index (χ4v) is 6.30. The first-order chi connectivity index (χ1) is 18.5. The highest BCUT2D eigenvalue weighted by molar-refractivity contribution is 5.99. The molecule has 5 heterocycles. The normalized spacial score (nSPS) is 23.6. The third-order valence-corrected chi connectivity index (χ3v) is 8.34. The highest BCUT2D eigenvalue weighted by Gasteiger charge is 2.34. The molecule has 4 aromatic rings. The molecule has 3 fully saturated rings. The van der Waals surface area contributed by atoms with Gasteiger partial charge in [0.2, 0.25) is 0 Å². The van der Waals surface area contributed by atoms with Gasteiger partial charge in [0.25, 0.3) is 0 Å². The van der Waals surface area contributed by atoms with Crippen molar-refractivity contribution in [2.45, 2.75) is 43.8 Å². The summed E-state index contributed by atoms with van der Waals surface area (Å²) in [5, 5.41) is 5.62. The van der Waals surface area contributed by atoms with E-state index in [9.17, 15) is 4.39 Å². The van der Waals surface area contributed by atoms with Crippen molar-refractivity contribution in [3.63, 3.8) is 0 Å². The lowest BCUT2D eigenvalue weighted by Gasteiger charge is -2.34. The van der Waals surface area contributed by atoms with E-state index in [-0.39, 0.29) is 29.1 Å². The number of pyridine rings is 1. The van der Waals surface area contributed by atoms with Crippen molar-refractivity contribution >= 4 is 27.5 Å². The molecule has 38 heavy (non-hydrogen) atoms. The molecule has 2 aromatic heterocycles. The Bertz CT molecular complexity index is 1520. The summed E-state index contributed by atoms with van der Waals surface area (Å²) in [5.41, 5.74) is 0.839. The number of benzene rings is 2. The number of piperazine rings is 1. The first kappa shape index (κ1) is 23.7. The molecule has 0 amide bonds. The van der Waals surface area contributed by atoms with Gasteiger partial charge in [-0.25, -0.2) is 8.78 Å². The van der Waals surface area contributed by atoms with Crippen LogP contribution in [-0.4, -0.2) is 71.3 Å². The monoisotopic (exact) mass is 516 g/mol. The maximum Gasteiger partial charge on any atom is 0.319 e. The Balaban J connectivity index is 1.35. The summed E-state index contributed by atoms with van der Waals surface area (Å²) in [6.45, 7) is 3.08. The van der Waals surface area contributed by atoms with Crippen LogP contribution >= 0.6 is 0 Å². The first-order valence-corrected chi connectivity index (χ1v) is 13.4. The van der Waals surface area contributed by atoms with E-state index in [2.05, 4.69) is 32.1 Å². The maximum absolute atomic E-state index is 16.3. The van der Waals surface area contributed by atoms with Gasteiger partial charge in [0.15, 0.2) is 5.82 Å². The van der Waals surface area contributed by atoms with Crippen LogP contribution in [0.5, 0.6) is 6.01 Å². The van der Waals surface area contributed by atoms with Crippen LogP contribution in [0.3, 0.4) is 0 Å². The molecule has 7 rings (SSSR count). The lowest BCUT2D eigenvalue weighted by Crippen LogP contribution is -2.51. The van der Waals surface area contributed by atoms with Gasteiger partial charge in [0.05, 0.1) is 5.39 Å². The zero-order valence-corrected chi connectivity index (χ0v) is 21.3. The number of anilines is 1. The number of nitrogens with one attached hydrogen (secondary N) is 1. The Kier molecular flexibility index (Phi) is 5.85. The van der Waals surface area contributed by atoms with Crippen LogP contribution in [0.1, 0.15) is 25.7 Å². The minimum Gasteiger partial charge on any atom is -0.462 e. The summed E-state index contributed by atoms with van der Waals surface area (Å²) >= 11 is 0. The smallest absolute Gasteiger partial charge is 0.319 e. The van der Waals surface area contributed by atoms with Gasteiger partial charge in [0.1, 0.15) is 29.5 Å². The molecule has 3 aliphatic rings. The molecule has 1 N–H and O–H groups in total. The molecule has 7 nitrogen and oxygen atoms in total. The predicted molar refractivity (Wildman–Crippen MR) is 143 cm³/mol. The number of hydrogen-bond donors (Lipinski definition) is 1. The number of nitrogens with zero attached hydrogens (tertiary/aromatic N) is 5. The molecule has 2 unspecified atom stereocenters. The second-order valence-corrected chi connectivity index (χ2v) is 10.8. The number of fused-ring (bicyclic) bond motifs is 4. The zero-order valence-electron chi connectivity index (χ0n) is 21.3. The molecular formula is C29H30F2N6O. The van der Waals surface area contributed by atoms with Gasteiger partial charge in [-0.2, -0.15) is 9.97 Å². The number of rotatable bonds is 5. The van der Waals surface area contributed by atoms with Gasteiger partial charge in [-0.15, -0.1) is 0 Å². The molecule has 0 spiro atoms. The Labute approximate surface area is 219 Å². The van der Waals surface area contributed by atoms with Gasteiger partial charge in [0, 0.05) is 43.0 Å². The Morgan fingerprint density at radius 1 is 1.03 bits per heavy atom. The molecule has 3 saturated heterocycles. The van der Waals surface area contributed by atoms with Gasteiger partial charge >= 0.3 is 6.01 Å². The van der Waals surface area contributed by atoms with E-state index in [0.717, 1.165) is 50.7 Å². The van der Waals surface area contributed by atoms with Crippen molar-refractivity contribution in [3.05, 3.63) is 54.2 Å². The summed E-state index contributed by atoms with van der Waals surface area (Å²) < 4.78 is 36.6. The minimum absolute atomic E-state index is 0.139. The summed E-state index contributed by atoms with van der Waals surface area (Å²) in [6.07, 6.45) is 6.08. The van der Waals surface area contributed by atoms with Crippen LogP contribution in [0.15, 0.2) is 42.6 Å². The summed E-state index contributed by atoms with van der Waals surface area (Å²) in [6, 6.07) is 11.2. The highest BCUT2D eigenvalue weighted by atomic mass is 19.1. The molecule has 9 heteroatoms. The fourth-order valence-electron chi connectivity index (χ4n) is 6.30. The van der Waals surface area contributed by atoms with Gasteiger partial charge in [-0.3, -0.25) is 4.98 Å². The van der Waals surface area contributed by atoms with Crippen LogP contribution in [0.4, 0.5) is 14.6 Å². The van der Waals surface area contributed by atoms with E-state index >= 15 is 4.39 Å². The van der Waals surface area contributed by atoms with E-state index < -0.39 is 5.82 Å². The number of hydrogen-bond acceptors (Lipinski definition) is 7. The van der Waals surface area contributed by atoms with Crippen LogP contribution in [0.25, 0.3) is 32.9 Å². The topological polar surface area (TPSA) is 66.4 Å². The molecule has 0 radical (unpaired) electrons. The van der Waals surface area contributed by atoms with E-state index in [1.165, 1.54) is 12.1 Å².